The van der Waals surface area contributed by atoms with Gasteiger partial charge in [0.15, 0.2) is 0 Å². The van der Waals surface area contributed by atoms with Crippen molar-refractivity contribution in [2.24, 2.45) is 0 Å². The number of hydrogen-bond acceptors (Lipinski definition) is 4. The van der Waals surface area contributed by atoms with E-state index in [1.54, 1.807) is 12.3 Å². The zero-order chi connectivity index (χ0) is 11.5. The van der Waals surface area contributed by atoms with E-state index in [9.17, 15) is 0 Å². The minimum Gasteiger partial charge on any atom is -0.397 e. The molecule has 1 aliphatic heterocycles. The number of nitrogen functional groups attached to an aromatic ring is 1. The Morgan fingerprint density at radius 2 is 2.50 bits per heavy atom. The number of aromatic nitrogens is 1. The monoisotopic (exact) mass is 257 g/mol. The van der Waals surface area contributed by atoms with Gasteiger partial charge in [-0.1, -0.05) is 18.5 Å². The number of nitrogens with two attached hydrogens (primary N) is 1. The molecule has 2 rings (SSSR count). The van der Waals surface area contributed by atoms with Crippen molar-refractivity contribution in [3.63, 3.8) is 0 Å². The van der Waals surface area contributed by atoms with Crippen LogP contribution in [0.15, 0.2) is 12.3 Å². The third kappa shape index (κ3) is 2.55. The summed E-state index contributed by atoms with van der Waals surface area (Å²) in [5.74, 6) is 2.01. The molecular formula is C11H16ClN3S. The van der Waals surface area contributed by atoms with Gasteiger partial charge in [0, 0.05) is 24.1 Å². The van der Waals surface area contributed by atoms with Gasteiger partial charge in [0.25, 0.3) is 0 Å². The molecule has 5 heteroatoms. The molecule has 1 fully saturated rings. The van der Waals surface area contributed by atoms with Crippen LogP contribution >= 0.6 is 23.4 Å². The van der Waals surface area contributed by atoms with E-state index in [0.29, 0.717) is 16.0 Å². The minimum absolute atomic E-state index is 0.618. The summed E-state index contributed by atoms with van der Waals surface area (Å²) in [5.41, 5.74) is 6.26. The van der Waals surface area contributed by atoms with Gasteiger partial charge in [-0.2, -0.15) is 11.8 Å². The molecule has 1 aromatic heterocycles. The van der Waals surface area contributed by atoms with Gasteiger partial charge < -0.3 is 10.6 Å². The van der Waals surface area contributed by atoms with E-state index in [-0.39, 0.29) is 0 Å². The van der Waals surface area contributed by atoms with Crippen LogP contribution in [-0.2, 0) is 0 Å². The first-order valence-electron chi connectivity index (χ1n) is 5.48. The second-order valence-electron chi connectivity index (χ2n) is 3.92. The Balaban J connectivity index is 2.16. The molecule has 1 unspecified atom stereocenters. The molecule has 0 amide bonds. The normalized spacial score (nSPS) is 21.1. The van der Waals surface area contributed by atoms with E-state index in [1.165, 1.54) is 6.42 Å². The molecule has 0 aliphatic carbocycles. The zero-order valence-corrected chi connectivity index (χ0v) is 10.9. The van der Waals surface area contributed by atoms with Crippen molar-refractivity contribution in [1.82, 2.24) is 4.98 Å². The van der Waals surface area contributed by atoms with Gasteiger partial charge in [0.05, 0.1) is 16.9 Å². The van der Waals surface area contributed by atoms with Gasteiger partial charge in [0.1, 0.15) is 5.82 Å². The van der Waals surface area contributed by atoms with E-state index in [1.807, 2.05) is 11.8 Å². The summed E-state index contributed by atoms with van der Waals surface area (Å²) < 4.78 is 0. The Labute approximate surface area is 105 Å². The molecule has 0 spiro atoms. The molecule has 1 atom stereocenters. The summed E-state index contributed by atoms with van der Waals surface area (Å²) in [6.07, 6.45) is 2.86. The Kier molecular flexibility index (Phi) is 3.82. The van der Waals surface area contributed by atoms with Crippen molar-refractivity contribution >= 4 is 34.9 Å². The second-order valence-corrected chi connectivity index (χ2v) is 5.74. The van der Waals surface area contributed by atoms with Crippen molar-refractivity contribution in [3.8, 4) is 0 Å². The average Bonchev–Trinajstić information content (AvgIpc) is 2.29. The predicted molar refractivity (Wildman–Crippen MR) is 72.4 cm³/mol. The Morgan fingerprint density at radius 3 is 3.19 bits per heavy atom. The maximum atomic E-state index is 6.16. The Hall–Kier alpha value is -0.610. The van der Waals surface area contributed by atoms with E-state index in [4.69, 9.17) is 17.3 Å². The number of rotatable bonds is 2. The van der Waals surface area contributed by atoms with Crippen LogP contribution < -0.4 is 10.6 Å². The standard InChI is InChI=1S/C11H16ClN3S/c1-2-9-7-15(3-4-16-9)11-10(12)5-8(13)6-14-11/h5-6,9H,2-4,7,13H2,1H3. The first-order chi connectivity index (χ1) is 7.70. The molecule has 0 saturated carbocycles. The van der Waals surface area contributed by atoms with Gasteiger partial charge in [0.2, 0.25) is 0 Å². The zero-order valence-electron chi connectivity index (χ0n) is 9.32. The highest BCUT2D eigenvalue weighted by Gasteiger charge is 2.21. The molecule has 3 nitrogen and oxygen atoms in total. The van der Waals surface area contributed by atoms with Gasteiger partial charge >= 0.3 is 0 Å². The summed E-state index contributed by atoms with van der Waals surface area (Å²) >= 11 is 8.20. The summed E-state index contributed by atoms with van der Waals surface area (Å²) in [5, 5.41) is 1.34. The molecule has 88 valence electrons. The first-order valence-corrected chi connectivity index (χ1v) is 6.91. The molecule has 0 aromatic carbocycles. The van der Waals surface area contributed by atoms with Crippen molar-refractivity contribution < 1.29 is 0 Å². The molecule has 16 heavy (non-hydrogen) atoms. The third-order valence-corrected chi connectivity index (χ3v) is 4.39. The maximum Gasteiger partial charge on any atom is 0.147 e. The van der Waals surface area contributed by atoms with E-state index in [0.717, 1.165) is 24.7 Å². The van der Waals surface area contributed by atoms with Crippen LogP contribution in [0.2, 0.25) is 5.02 Å². The molecule has 1 saturated heterocycles. The van der Waals surface area contributed by atoms with Crippen molar-refractivity contribution in [3.05, 3.63) is 17.3 Å². The van der Waals surface area contributed by atoms with Crippen LogP contribution in [0.4, 0.5) is 11.5 Å². The minimum atomic E-state index is 0.618. The van der Waals surface area contributed by atoms with Gasteiger partial charge in [-0.05, 0) is 12.5 Å². The summed E-state index contributed by atoms with van der Waals surface area (Å²) in [6.45, 7) is 4.26. The fourth-order valence-electron chi connectivity index (χ4n) is 1.84. The lowest BCUT2D eigenvalue weighted by atomic mass is 10.3. The highest BCUT2D eigenvalue weighted by molar-refractivity contribution is 8.00. The highest BCUT2D eigenvalue weighted by atomic mass is 35.5. The van der Waals surface area contributed by atoms with Crippen LogP contribution in [0, 0.1) is 0 Å². The molecule has 2 N–H and O–H groups in total. The number of halogens is 1. The van der Waals surface area contributed by atoms with Gasteiger partial charge in [-0.15, -0.1) is 0 Å². The highest BCUT2D eigenvalue weighted by Crippen LogP contribution is 2.29. The summed E-state index contributed by atoms with van der Waals surface area (Å²) in [7, 11) is 0. The van der Waals surface area contributed by atoms with E-state index >= 15 is 0 Å². The molecule has 1 aromatic rings. The van der Waals surface area contributed by atoms with Crippen molar-refractivity contribution in [2.75, 3.05) is 29.5 Å². The van der Waals surface area contributed by atoms with E-state index < -0.39 is 0 Å². The number of anilines is 2. The molecular weight excluding hydrogens is 242 g/mol. The number of hydrogen-bond donors (Lipinski definition) is 1. The lowest BCUT2D eigenvalue weighted by Gasteiger charge is -2.33. The first kappa shape index (κ1) is 11.9. The lowest BCUT2D eigenvalue weighted by molar-refractivity contribution is 0.720. The van der Waals surface area contributed by atoms with Crippen LogP contribution in [0.5, 0.6) is 0 Å². The summed E-state index contributed by atoms with van der Waals surface area (Å²) in [6, 6.07) is 1.77. The molecule has 2 heterocycles. The fourth-order valence-corrected chi connectivity index (χ4v) is 3.31. The smallest absolute Gasteiger partial charge is 0.147 e. The lowest BCUT2D eigenvalue weighted by Crippen LogP contribution is -2.38. The number of pyridine rings is 1. The topological polar surface area (TPSA) is 42.2 Å². The van der Waals surface area contributed by atoms with E-state index in [2.05, 4.69) is 16.8 Å². The Morgan fingerprint density at radius 1 is 1.69 bits per heavy atom. The third-order valence-electron chi connectivity index (χ3n) is 2.74. The number of nitrogens with zero attached hydrogens (tertiary/aromatic N) is 2. The fraction of sp³-hybridized carbons (Fsp3) is 0.545. The summed E-state index contributed by atoms with van der Waals surface area (Å²) in [4.78, 5) is 6.59. The largest absolute Gasteiger partial charge is 0.397 e. The van der Waals surface area contributed by atoms with Gasteiger partial charge in [-0.25, -0.2) is 4.98 Å². The maximum absolute atomic E-state index is 6.16. The predicted octanol–water partition coefficient (Wildman–Crippen LogP) is 2.65. The average molecular weight is 258 g/mol. The van der Waals surface area contributed by atoms with Crippen LogP contribution in [0.1, 0.15) is 13.3 Å². The Bertz CT molecular complexity index is 372. The second kappa shape index (κ2) is 5.15. The van der Waals surface area contributed by atoms with Crippen LogP contribution in [0.3, 0.4) is 0 Å². The number of thioether (sulfide) groups is 1. The van der Waals surface area contributed by atoms with Crippen LogP contribution in [0.25, 0.3) is 0 Å². The molecule has 1 aliphatic rings. The quantitative estimate of drug-likeness (QED) is 0.885. The molecule has 0 radical (unpaired) electrons. The molecule has 0 bridgehead atoms. The van der Waals surface area contributed by atoms with Crippen molar-refractivity contribution in [1.29, 1.82) is 0 Å². The SMILES string of the molecule is CCC1CN(c2ncc(N)cc2Cl)CCS1. The van der Waals surface area contributed by atoms with Crippen LogP contribution in [-0.4, -0.2) is 29.1 Å². The van der Waals surface area contributed by atoms with Gasteiger partial charge in [-0.3, -0.25) is 0 Å². The van der Waals surface area contributed by atoms with Crippen molar-refractivity contribution in [2.45, 2.75) is 18.6 Å².